The third kappa shape index (κ3) is 4.34. The first kappa shape index (κ1) is 12.9. The highest BCUT2D eigenvalue weighted by molar-refractivity contribution is 8.00. The zero-order valence-corrected chi connectivity index (χ0v) is 11.3. The molecule has 3 heteroatoms. The fraction of sp³-hybridized carbons (Fsp3) is 0.571. The Kier molecular flexibility index (Phi) is 5.36. The molecule has 1 atom stereocenters. The van der Waals surface area contributed by atoms with Gasteiger partial charge in [-0.15, -0.1) is 0 Å². The van der Waals surface area contributed by atoms with E-state index in [4.69, 9.17) is 4.74 Å². The SMILES string of the molecule is COCc1cccc(CNCC2CCCS2)c1. The summed E-state index contributed by atoms with van der Waals surface area (Å²) in [4.78, 5) is 0. The fourth-order valence-corrected chi connectivity index (χ4v) is 3.41. The highest BCUT2D eigenvalue weighted by Gasteiger charge is 2.14. The van der Waals surface area contributed by atoms with E-state index in [0.717, 1.165) is 18.3 Å². The van der Waals surface area contributed by atoms with Crippen LogP contribution in [0.2, 0.25) is 0 Å². The molecule has 0 radical (unpaired) electrons. The van der Waals surface area contributed by atoms with Gasteiger partial charge in [-0.1, -0.05) is 24.3 Å². The molecular weight excluding hydrogens is 230 g/mol. The smallest absolute Gasteiger partial charge is 0.0713 e. The molecule has 1 fully saturated rings. The molecule has 17 heavy (non-hydrogen) atoms. The number of nitrogens with one attached hydrogen (secondary N) is 1. The Balaban J connectivity index is 1.75. The van der Waals surface area contributed by atoms with Crippen LogP contribution in [0, 0.1) is 0 Å². The highest BCUT2D eigenvalue weighted by atomic mass is 32.2. The average molecular weight is 251 g/mol. The predicted octanol–water partition coefficient (Wildman–Crippen LogP) is 2.82. The molecule has 0 aromatic heterocycles. The molecule has 0 saturated carbocycles. The minimum Gasteiger partial charge on any atom is -0.380 e. The second kappa shape index (κ2) is 7.04. The Hall–Kier alpha value is -0.510. The van der Waals surface area contributed by atoms with E-state index in [9.17, 15) is 0 Å². The lowest BCUT2D eigenvalue weighted by molar-refractivity contribution is 0.185. The van der Waals surface area contributed by atoms with Crippen molar-refractivity contribution in [1.29, 1.82) is 0 Å². The Bertz CT molecular complexity index is 337. The van der Waals surface area contributed by atoms with Crippen LogP contribution >= 0.6 is 11.8 Å². The van der Waals surface area contributed by atoms with E-state index in [1.807, 2.05) is 0 Å². The van der Waals surface area contributed by atoms with E-state index in [-0.39, 0.29) is 0 Å². The molecular formula is C14H21NOS. The van der Waals surface area contributed by atoms with Crippen molar-refractivity contribution < 1.29 is 4.74 Å². The first-order chi connectivity index (χ1) is 8.38. The fourth-order valence-electron chi connectivity index (χ4n) is 2.18. The van der Waals surface area contributed by atoms with Crippen LogP contribution in [0.3, 0.4) is 0 Å². The normalized spacial score (nSPS) is 19.7. The number of thioether (sulfide) groups is 1. The summed E-state index contributed by atoms with van der Waals surface area (Å²) in [6.07, 6.45) is 2.77. The van der Waals surface area contributed by atoms with Crippen molar-refractivity contribution in [3.8, 4) is 0 Å². The number of benzene rings is 1. The van der Waals surface area contributed by atoms with Crippen LogP contribution in [0.15, 0.2) is 24.3 Å². The summed E-state index contributed by atoms with van der Waals surface area (Å²) >= 11 is 2.11. The first-order valence-electron chi connectivity index (χ1n) is 6.27. The Morgan fingerprint density at radius 1 is 1.41 bits per heavy atom. The number of ether oxygens (including phenoxy) is 1. The molecule has 0 bridgehead atoms. The van der Waals surface area contributed by atoms with E-state index < -0.39 is 0 Å². The number of methoxy groups -OCH3 is 1. The van der Waals surface area contributed by atoms with Crippen molar-refractivity contribution in [1.82, 2.24) is 5.32 Å². The van der Waals surface area contributed by atoms with E-state index in [1.54, 1.807) is 7.11 Å². The standard InChI is InChI=1S/C14H21NOS/c1-16-11-13-5-2-4-12(8-13)9-15-10-14-6-3-7-17-14/h2,4-5,8,14-15H,3,6-7,9-11H2,1H3. The minimum absolute atomic E-state index is 0.701. The van der Waals surface area contributed by atoms with Crippen molar-refractivity contribution in [3.05, 3.63) is 35.4 Å². The summed E-state index contributed by atoms with van der Waals surface area (Å²) in [6, 6.07) is 8.61. The second-order valence-electron chi connectivity index (χ2n) is 4.52. The van der Waals surface area contributed by atoms with Gasteiger partial charge in [-0.3, -0.25) is 0 Å². The van der Waals surface area contributed by atoms with Gasteiger partial charge < -0.3 is 10.1 Å². The first-order valence-corrected chi connectivity index (χ1v) is 7.32. The molecule has 0 spiro atoms. The molecule has 1 heterocycles. The van der Waals surface area contributed by atoms with Crippen LogP contribution in [0.5, 0.6) is 0 Å². The molecule has 0 aliphatic carbocycles. The van der Waals surface area contributed by atoms with E-state index in [2.05, 4.69) is 41.3 Å². The zero-order valence-electron chi connectivity index (χ0n) is 10.4. The van der Waals surface area contributed by atoms with Gasteiger partial charge >= 0.3 is 0 Å². The maximum absolute atomic E-state index is 5.14. The van der Waals surface area contributed by atoms with Crippen molar-refractivity contribution >= 4 is 11.8 Å². The van der Waals surface area contributed by atoms with Crippen LogP contribution in [-0.4, -0.2) is 24.7 Å². The average Bonchev–Trinajstić information content (AvgIpc) is 2.83. The summed E-state index contributed by atoms with van der Waals surface area (Å²) in [5.41, 5.74) is 2.60. The molecule has 0 amide bonds. The molecule has 2 rings (SSSR count). The van der Waals surface area contributed by atoms with Crippen molar-refractivity contribution in [2.24, 2.45) is 0 Å². The number of hydrogen-bond acceptors (Lipinski definition) is 3. The third-order valence-electron chi connectivity index (χ3n) is 3.03. The van der Waals surface area contributed by atoms with Gasteiger partial charge in [0, 0.05) is 25.4 Å². The molecule has 1 unspecified atom stereocenters. The zero-order chi connectivity index (χ0) is 11.9. The molecule has 94 valence electrons. The predicted molar refractivity (Wildman–Crippen MR) is 74.3 cm³/mol. The van der Waals surface area contributed by atoms with Crippen LogP contribution in [0.25, 0.3) is 0 Å². The topological polar surface area (TPSA) is 21.3 Å². The van der Waals surface area contributed by atoms with Gasteiger partial charge in [0.05, 0.1) is 6.61 Å². The van der Waals surface area contributed by atoms with Crippen LogP contribution in [0.1, 0.15) is 24.0 Å². The maximum Gasteiger partial charge on any atom is 0.0713 e. The lowest BCUT2D eigenvalue weighted by Crippen LogP contribution is -2.22. The molecule has 1 aliphatic rings. The van der Waals surface area contributed by atoms with Gasteiger partial charge in [0.2, 0.25) is 0 Å². The third-order valence-corrected chi connectivity index (χ3v) is 4.43. The Labute approximate surface area is 108 Å². The summed E-state index contributed by atoms with van der Waals surface area (Å²) in [6.45, 7) is 2.81. The molecule has 1 aromatic carbocycles. The second-order valence-corrected chi connectivity index (χ2v) is 5.93. The van der Waals surface area contributed by atoms with Crippen LogP contribution in [-0.2, 0) is 17.9 Å². The summed E-state index contributed by atoms with van der Waals surface area (Å²) in [7, 11) is 1.74. The Morgan fingerprint density at radius 2 is 2.29 bits per heavy atom. The molecule has 1 saturated heterocycles. The van der Waals surface area contributed by atoms with Crippen molar-refractivity contribution in [2.45, 2.75) is 31.2 Å². The lowest BCUT2D eigenvalue weighted by Gasteiger charge is -2.10. The van der Waals surface area contributed by atoms with Gasteiger partial charge in [0.25, 0.3) is 0 Å². The van der Waals surface area contributed by atoms with Gasteiger partial charge in [-0.05, 0) is 29.7 Å². The van der Waals surface area contributed by atoms with Gasteiger partial charge in [-0.2, -0.15) is 11.8 Å². The van der Waals surface area contributed by atoms with E-state index in [0.29, 0.717) is 6.61 Å². The monoisotopic (exact) mass is 251 g/mol. The van der Waals surface area contributed by atoms with Gasteiger partial charge in [-0.25, -0.2) is 0 Å². The summed E-state index contributed by atoms with van der Waals surface area (Å²) in [5, 5.41) is 4.38. The van der Waals surface area contributed by atoms with Crippen molar-refractivity contribution in [2.75, 3.05) is 19.4 Å². The van der Waals surface area contributed by atoms with E-state index in [1.165, 1.54) is 29.7 Å². The number of rotatable bonds is 6. The maximum atomic E-state index is 5.14. The van der Waals surface area contributed by atoms with Crippen LogP contribution in [0.4, 0.5) is 0 Å². The lowest BCUT2D eigenvalue weighted by atomic mass is 10.1. The largest absolute Gasteiger partial charge is 0.380 e. The quantitative estimate of drug-likeness (QED) is 0.840. The van der Waals surface area contributed by atoms with E-state index >= 15 is 0 Å². The Morgan fingerprint density at radius 3 is 3.06 bits per heavy atom. The molecule has 1 aliphatic heterocycles. The minimum atomic E-state index is 0.701. The summed E-state index contributed by atoms with van der Waals surface area (Å²) in [5.74, 6) is 1.34. The summed E-state index contributed by atoms with van der Waals surface area (Å²) < 4.78 is 5.14. The number of hydrogen-bond donors (Lipinski definition) is 1. The molecule has 2 nitrogen and oxygen atoms in total. The van der Waals surface area contributed by atoms with Crippen LogP contribution < -0.4 is 5.32 Å². The molecule has 1 N–H and O–H groups in total. The highest BCUT2D eigenvalue weighted by Crippen LogP contribution is 2.25. The van der Waals surface area contributed by atoms with Gasteiger partial charge in [0.15, 0.2) is 0 Å². The van der Waals surface area contributed by atoms with Gasteiger partial charge in [0.1, 0.15) is 0 Å². The molecule has 1 aromatic rings. The van der Waals surface area contributed by atoms with Crippen molar-refractivity contribution in [3.63, 3.8) is 0 Å².